The molecule has 3 nitrogen and oxygen atoms in total. The number of methoxy groups -OCH3 is 1. The third kappa shape index (κ3) is 3.97. The second kappa shape index (κ2) is 7.65. The van der Waals surface area contributed by atoms with E-state index in [-0.39, 0.29) is 6.10 Å². The highest BCUT2D eigenvalue weighted by atomic mass is 16.5. The number of rotatable bonds is 7. The van der Waals surface area contributed by atoms with Crippen molar-refractivity contribution in [2.24, 2.45) is 0 Å². The predicted molar refractivity (Wildman–Crippen MR) is 82.4 cm³/mol. The van der Waals surface area contributed by atoms with Gasteiger partial charge in [-0.1, -0.05) is 13.0 Å². The molecule has 0 saturated heterocycles. The minimum atomic E-state index is 0.125. The molecule has 112 valence electrons. The van der Waals surface area contributed by atoms with Gasteiger partial charge in [-0.25, -0.2) is 0 Å². The molecule has 0 heterocycles. The van der Waals surface area contributed by atoms with E-state index in [1.165, 1.54) is 36.8 Å². The molecular formula is C17H27NO2. The van der Waals surface area contributed by atoms with Crippen LogP contribution in [0.5, 0.6) is 5.75 Å². The van der Waals surface area contributed by atoms with E-state index in [9.17, 15) is 0 Å². The second-order valence-electron chi connectivity index (χ2n) is 5.62. The van der Waals surface area contributed by atoms with Crippen LogP contribution >= 0.6 is 0 Å². The normalized spacial score (nSPS) is 19.4. The van der Waals surface area contributed by atoms with Crippen LogP contribution < -0.4 is 10.1 Å². The highest BCUT2D eigenvalue weighted by Gasteiger charge is 2.20. The largest absolute Gasteiger partial charge is 0.491 e. The van der Waals surface area contributed by atoms with Gasteiger partial charge >= 0.3 is 0 Å². The summed E-state index contributed by atoms with van der Waals surface area (Å²) in [6, 6.07) is 7.01. The van der Waals surface area contributed by atoms with Crippen LogP contribution in [0.25, 0.3) is 0 Å². The molecule has 1 N–H and O–H groups in total. The summed E-state index contributed by atoms with van der Waals surface area (Å²) < 4.78 is 11.0. The zero-order valence-electron chi connectivity index (χ0n) is 12.9. The van der Waals surface area contributed by atoms with Gasteiger partial charge in [0.15, 0.2) is 0 Å². The molecule has 0 radical (unpaired) electrons. The van der Waals surface area contributed by atoms with Gasteiger partial charge in [-0.2, -0.15) is 0 Å². The monoisotopic (exact) mass is 277 g/mol. The van der Waals surface area contributed by atoms with Gasteiger partial charge in [0.25, 0.3) is 0 Å². The van der Waals surface area contributed by atoms with Crippen LogP contribution in [-0.4, -0.2) is 26.4 Å². The van der Waals surface area contributed by atoms with Gasteiger partial charge in [0.2, 0.25) is 0 Å². The SMILES string of the molecule is CCCNC1CCCc2ccc(OCC(C)OC)cc21. The summed E-state index contributed by atoms with van der Waals surface area (Å²) in [4.78, 5) is 0. The molecule has 1 aliphatic carbocycles. The van der Waals surface area contributed by atoms with Crippen molar-refractivity contribution in [3.8, 4) is 5.75 Å². The Balaban J connectivity index is 2.06. The van der Waals surface area contributed by atoms with E-state index >= 15 is 0 Å². The second-order valence-corrected chi connectivity index (χ2v) is 5.62. The van der Waals surface area contributed by atoms with Gasteiger partial charge in [0.05, 0.1) is 6.10 Å². The number of benzene rings is 1. The Kier molecular flexibility index (Phi) is 5.86. The lowest BCUT2D eigenvalue weighted by Crippen LogP contribution is -2.26. The van der Waals surface area contributed by atoms with Gasteiger partial charge in [-0.3, -0.25) is 0 Å². The molecule has 1 aromatic carbocycles. The maximum absolute atomic E-state index is 5.82. The van der Waals surface area contributed by atoms with Gasteiger partial charge in [0.1, 0.15) is 12.4 Å². The van der Waals surface area contributed by atoms with Crippen molar-refractivity contribution in [3.63, 3.8) is 0 Å². The first-order chi connectivity index (χ1) is 9.74. The molecule has 2 rings (SSSR count). The van der Waals surface area contributed by atoms with Gasteiger partial charge in [0, 0.05) is 13.2 Å². The van der Waals surface area contributed by atoms with Gasteiger partial charge < -0.3 is 14.8 Å². The maximum Gasteiger partial charge on any atom is 0.119 e. The van der Waals surface area contributed by atoms with Crippen LogP contribution in [0.4, 0.5) is 0 Å². The number of ether oxygens (including phenoxy) is 2. The first-order valence-electron chi connectivity index (χ1n) is 7.76. The highest BCUT2D eigenvalue weighted by molar-refractivity contribution is 5.39. The van der Waals surface area contributed by atoms with Crippen LogP contribution in [0.3, 0.4) is 0 Å². The van der Waals surface area contributed by atoms with Crippen LogP contribution in [-0.2, 0) is 11.2 Å². The van der Waals surface area contributed by atoms with Gasteiger partial charge in [-0.15, -0.1) is 0 Å². The summed E-state index contributed by atoms with van der Waals surface area (Å²) in [5, 5.41) is 3.65. The Bertz CT molecular complexity index is 419. The molecule has 20 heavy (non-hydrogen) atoms. The summed E-state index contributed by atoms with van der Waals surface area (Å²) in [6.07, 6.45) is 4.99. The molecule has 1 aliphatic rings. The third-order valence-electron chi connectivity index (χ3n) is 3.96. The molecule has 0 amide bonds. The molecule has 3 heteroatoms. The highest BCUT2D eigenvalue weighted by Crippen LogP contribution is 2.32. The smallest absolute Gasteiger partial charge is 0.119 e. The van der Waals surface area contributed by atoms with E-state index in [1.807, 2.05) is 6.92 Å². The number of hydrogen-bond donors (Lipinski definition) is 1. The first kappa shape index (κ1) is 15.3. The average molecular weight is 277 g/mol. The summed E-state index contributed by atoms with van der Waals surface area (Å²) in [7, 11) is 1.71. The fourth-order valence-electron chi connectivity index (χ4n) is 2.68. The zero-order chi connectivity index (χ0) is 14.4. The minimum absolute atomic E-state index is 0.125. The number of aryl methyl sites for hydroxylation is 1. The third-order valence-corrected chi connectivity index (χ3v) is 3.96. The molecule has 0 aromatic heterocycles. The van der Waals surface area contributed by atoms with Crippen molar-refractivity contribution in [1.29, 1.82) is 0 Å². The molecule has 0 fully saturated rings. The van der Waals surface area contributed by atoms with Crippen molar-refractivity contribution in [3.05, 3.63) is 29.3 Å². The Morgan fingerprint density at radius 3 is 3.00 bits per heavy atom. The molecule has 0 bridgehead atoms. The fourth-order valence-corrected chi connectivity index (χ4v) is 2.68. The lowest BCUT2D eigenvalue weighted by molar-refractivity contribution is 0.0716. The average Bonchev–Trinajstić information content (AvgIpc) is 2.50. The Morgan fingerprint density at radius 1 is 1.40 bits per heavy atom. The lowest BCUT2D eigenvalue weighted by atomic mass is 9.87. The quantitative estimate of drug-likeness (QED) is 0.827. The molecule has 1 aromatic rings. The molecule has 0 saturated carbocycles. The number of nitrogens with one attached hydrogen (secondary N) is 1. The van der Waals surface area contributed by atoms with Crippen molar-refractivity contribution in [2.75, 3.05) is 20.3 Å². The summed E-state index contributed by atoms with van der Waals surface area (Å²) >= 11 is 0. The summed E-state index contributed by atoms with van der Waals surface area (Å²) in [5.74, 6) is 0.956. The Morgan fingerprint density at radius 2 is 2.25 bits per heavy atom. The van der Waals surface area contributed by atoms with Crippen molar-refractivity contribution < 1.29 is 9.47 Å². The fraction of sp³-hybridized carbons (Fsp3) is 0.647. The molecule has 0 spiro atoms. The van der Waals surface area contributed by atoms with Crippen LogP contribution in [0.2, 0.25) is 0 Å². The van der Waals surface area contributed by atoms with Crippen LogP contribution in [0.15, 0.2) is 18.2 Å². The van der Waals surface area contributed by atoms with Crippen LogP contribution in [0, 0.1) is 0 Å². The van der Waals surface area contributed by atoms with E-state index in [0.717, 1.165) is 12.3 Å². The number of hydrogen-bond acceptors (Lipinski definition) is 3. The lowest BCUT2D eigenvalue weighted by Gasteiger charge is -2.27. The topological polar surface area (TPSA) is 30.5 Å². The molecule has 0 aliphatic heterocycles. The van der Waals surface area contributed by atoms with Crippen molar-refractivity contribution >= 4 is 0 Å². The Labute approximate surface area is 122 Å². The predicted octanol–water partition coefficient (Wildman–Crippen LogP) is 3.48. The van der Waals surface area contributed by atoms with Crippen LogP contribution in [0.1, 0.15) is 50.3 Å². The van der Waals surface area contributed by atoms with E-state index in [4.69, 9.17) is 9.47 Å². The molecule has 2 atom stereocenters. The van der Waals surface area contributed by atoms with Crippen molar-refractivity contribution in [2.45, 2.75) is 51.7 Å². The number of fused-ring (bicyclic) bond motifs is 1. The van der Waals surface area contributed by atoms with Gasteiger partial charge in [-0.05, 0) is 62.4 Å². The minimum Gasteiger partial charge on any atom is -0.491 e. The Hall–Kier alpha value is -1.06. The molecule has 2 unspecified atom stereocenters. The molecular weight excluding hydrogens is 250 g/mol. The van der Waals surface area contributed by atoms with E-state index in [1.54, 1.807) is 7.11 Å². The summed E-state index contributed by atoms with van der Waals surface area (Å²) in [5.41, 5.74) is 2.89. The first-order valence-corrected chi connectivity index (χ1v) is 7.76. The van der Waals surface area contributed by atoms with E-state index in [0.29, 0.717) is 12.6 Å². The van der Waals surface area contributed by atoms with E-state index in [2.05, 4.69) is 30.4 Å². The summed E-state index contributed by atoms with van der Waals surface area (Å²) in [6.45, 7) is 5.91. The van der Waals surface area contributed by atoms with Crippen molar-refractivity contribution in [1.82, 2.24) is 5.32 Å². The maximum atomic E-state index is 5.82. The standard InChI is InChI=1S/C17H27NO2/c1-4-10-18-17-7-5-6-14-8-9-15(11-16(14)17)20-12-13(2)19-3/h8-9,11,13,17-18H,4-7,10,12H2,1-3H3. The zero-order valence-corrected chi connectivity index (χ0v) is 12.9. The van der Waals surface area contributed by atoms with E-state index < -0.39 is 0 Å².